The van der Waals surface area contributed by atoms with E-state index in [9.17, 15) is 4.79 Å². The lowest BCUT2D eigenvalue weighted by Crippen LogP contribution is -2.36. The van der Waals surface area contributed by atoms with Crippen molar-refractivity contribution in [3.05, 3.63) is 82.3 Å². The van der Waals surface area contributed by atoms with E-state index in [1.807, 2.05) is 47.4 Å². The maximum atomic E-state index is 13.2. The molecule has 1 unspecified atom stereocenters. The van der Waals surface area contributed by atoms with Crippen molar-refractivity contribution in [1.82, 2.24) is 9.97 Å². The second-order valence-electron chi connectivity index (χ2n) is 6.99. The fraction of sp³-hybridized carbons (Fsp3) is 0.227. The monoisotopic (exact) mass is 392 g/mol. The summed E-state index contributed by atoms with van der Waals surface area (Å²) in [5.41, 5.74) is 3.50. The van der Waals surface area contributed by atoms with Crippen LogP contribution in [0.15, 0.2) is 54.6 Å². The summed E-state index contributed by atoms with van der Waals surface area (Å²) in [6, 6.07) is 17.5. The molecule has 0 fully saturated rings. The number of hydrogen-bond acceptors (Lipinski definition) is 4. The van der Waals surface area contributed by atoms with Crippen molar-refractivity contribution >= 4 is 29.0 Å². The van der Waals surface area contributed by atoms with E-state index in [4.69, 9.17) is 11.6 Å². The fourth-order valence-corrected chi connectivity index (χ4v) is 3.80. The molecule has 1 aromatic heterocycles. The van der Waals surface area contributed by atoms with Gasteiger partial charge in [0.2, 0.25) is 0 Å². The third kappa shape index (κ3) is 3.58. The molecule has 2 heterocycles. The first-order valence-electron chi connectivity index (χ1n) is 9.27. The summed E-state index contributed by atoms with van der Waals surface area (Å²) in [7, 11) is 0. The molecule has 0 radical (unpaired) electrons. The van der Waals surface area contributed by atoms with Crippen LogP contribution in [0.3, 0.4) is 0 Å². The summed E-state index contributed by atoms with van der Waals surface area (Å²) >= 11 is 6.22. The van der Waals surface area contributed by atoms with E-state index in [0.29, 0.717) is 28.9 Å². The summed E-state index contributed by atoms with van der Waals surface area (Å²) in [4.78, 5) is 23.9. The van der Waals surface area contributed by atoms with Gasteiger partial charge in [-0.05, 0) is 43.5 Å². The number of rotatable bonds is 4. The Balaban J connectivity index is 1.59. The Morgan fingerprint density at radius 2 is 1.93 bits per heavy atom. The smallest absolute Gasteiger partial charge is 0.277 e. The maximum Gasteiger partial charge on any atom is 0.277 e. The van der Waals surface area contributed by atoms with E-state index < -0.39 is 0 Å². The van der Waals surface area contributed by atoms with Gasteiger partial charge in [-0.2, -0.15) is 0 Å². The van der Waals surface area contributed by atoms with Gasteiger partial charge in [-0.25, -0.2) is 9.97 Å². The zero-order valence-electron chi connectivity index (χ0n) is 15.8. The summed E-state index contributed by atoms with van der Waals surface area (Å²) < 4.78 is 0. The number of carbonyl (C=O) groups excluding carboxylic acids is 1. The third-order valence-corrected chi connectivity index (χ3v) is 5.27. The van der Waals surface area contributed by atoms with Crippen molar-refractivity contribution in [2.24, 2.45) is 0 Å². The topological polar surface area (TPSA) is 58.1 Å². The number of para-hydroxylation sites is 1. The van der Waals surface area contributed by atoms with Crippen LogP contribution in [0.4, 0.5) is 11.5 Å². The van der Waals surface area contributed by atoms with Gasteiger partial charge < -0.3 is 10.2 Å². The molecule has 1 atom stereocenters. The van der Waals surface area contributed by atoms with Crippen molar-refractivity contribution in [1.29, 1.82) is 0 Å². The molecule has 1 aliphatic rings. The molecule has 1 amide bonds. The predicted octanol–water partition coefficient (Wildman–Crippen LogP) is 4.64. The molecule has 0 saturated carbocycles. The average Bonchev–Trinajstić information content (AvgIpc) is 3.02. The number of anilines is 2. The Morgan fingerprint density at radius 3 is 2.75 bits per heavy atom. The van der Waals surface area contributed by atoms with Crippen LogP contribution in [0.25, 0.3) is 0 Å². The lowest BCUT2D eigenvalue weighted by molar-refractivity contribution is 0.0976. The summed E-state index contributed by atoms with van der Waals surface area (Å²) in [5.74, 6) is 1.05. The van der Waals surface area contributed by atoms with Crippen molar-refractivity contribution in [2.75, 3.05) is 10.2 Å². The highest BCUT2D eigenvalue weighted by atomic mass is 35.5. The Bertz CT molecular complexity index is 1040. The molecule has 0 bridgehead atoms. The van der Waals surface area contributed by atoms with Crippen LogP contribution in [-0.2, 0) is 13.0 Å². The lowest BCUT2D eigenvalue weighted by Gasteiger charge is -2.22. The minimum absolute atomic E-state index is 0.0969. The van der Waals surface area contributed by atoms with Crippen LogP contribution in [0.2, 0.25) is 5.02 Å². The first kappa shape index (κ1) is 18.4. The van der Waals surface area contributed by atoms with Gasteiger partial charge in [0.15, 0.2) is 0 Å². The van der Waals surface area contributed by atoms with Gasteiger partial charge >= 0.3 is 0 Å². The van der Waals surface area contributed by atoms with E-state index >= 15 is 0 Å². The highest BCUT2D eigenvalue weighted by molar-refractivity contribution is 6.31. The Morgan fingerprint density at radius 1 is 1.18 bits per heavy atom. The summed E-state index contributed by atoms with van der Waals surface area (Å²) in [5, 5.41) is 3.95. The maximum absolute atomic E-state index is 13.2. The van der Waals surface area contributed by atoms with E-state index in [1.54, 1.807) is 13.0 Å². The average molecular weight is 393 g/mol. The number of aromatic nitrogens is 2. The number of halogens is 1. The number of amides is 1. The number of benzene rings is 2. The summed E-state index contributed by atoms with van der Waals surface area (Å²) in [6.07, 6.45) is 0.851. The van der Waals surface area contributed by atoms with Gasteiger partial charge in [0, 0.05) is 29.4 Å². The van der Waals surface area contributed by atoms with E-state index in [1.165, 1.54) is 5.56 Å². The highest BCUT2D eigenvalue weighted by Gasteiger charge is 2.32. The normalized spacial score (nSPS) is 15.4. The van der Waals surface area contributed by atoms with E-state index in [-0.39, 0.29) is 11.9 Å². The number of nitrogens with zero attached hydrogens (tertiary/aromatic N) is 3. The van der Waals surface area contributed by atoms with Gasteiger partial charge in [-0.1, -0.05) is 48.0 Å². The molecule has 142 valence electrons. The molecule has 28 heavy (non-hydrogen) atoms. The SMILES string of the molecule is Cc1nc(NCc2ccccc2Cl)cc(C(=O)N2c3ccccc3CC2C)n1. The molecular weight excluding hydrogens is 372 g/mol. The summed E-state index contributed by atoms with van der Waals surface area (Å²) in [6.45, 7) is 4.37. The van der Waals surface area contributed by atoms with Crippen molar-refractivity contribution in [3.63, 3.8) is 0 Å². The van der Waals surface area contributed by atoms with Crippen LogP contribution in [0, 0.1) is 6.92 Å². The van der Waals surface area contributed by atoms with Gasteiger partial charge in [0.05, 0.1) is 0 Å². The molecule has 4 rings (SSSR count). The Hall–Kier alpha value is -2.92. The quantitative estimate of drug-likeness (QED) is 0.702. The number of carbonyl (C=O) groups is 1. The van der Waals surface area contributed by atoms with Crippen LogP contribution >= 0.6 is 11.6 Å². The highest BCUT2D eigenvalue weighted by Crippen LogP contribution is 2.33. The van der Waals surface area contributed by atoms with Crippen LogP contribution in [-0.4, -0.2) is 21.9 Å². The molecule has 6 heteroatoms. The molecule has 1 aliphatic heterocycles. The second kappa shape index (κ2) is 7.60. The van der Waals surface area contributed by atoms with Crippen LogP contribution < -0.4 is 10.2 Å². The second-order valence-corrected chi connectivity index (χ2v) is 7.39. The first-order chi connectivity index (χ1) is 13.5. The van der Waals surface area contributed by atoms with E-state index in [0.717, 1.165) is 17.7 Å². The van der Waals surface area contributed by atoms with Crippen molar-refractivity contribution in [2.45, 2.75) is 32.9 Å². The molecule has 3 aromatic rings. The molecule has 2 aromatic carbocycles. The number of fused-ring (bicyclic) bond motifs is 1. The molecule has 0 saturated heterocycles. The Kier molecular flexibility index (Phi) is 5.01. The van der Waals surface area contributed by atoms with Gasteiger partial charge in [0.25, 0.3) is 5.91 Å². The largest absolute Gasteiger partial charge is 0.366 e. The minimum Gasteiger partial charge on any atom is -0.366 e. The van der Waals surface area contributed by atoms with Gasteiger partial charge in [0.1, 0.15) is 17.3 Å². The van der Waals surface area contributed by atoms with Crippen molar-refractivity contribution < 1.29 is 4.79 Å². The molecule has 0 spiro atoms. The zero-order chi connectivity index (χ0) is 19.7. The van der Waals surface area contributed by atoms with Crippen LogP contribution in [0.1, 0.15) is 34.4 Å². The standard InChI is InChI=1S/C22H21ClN4O/c1-14-11-16-7-4-6-10-20(16)27(14)22(28)19-12-21(26-15(2)25-19)24-13-17-8-3-5-9-18(17)23/h3-10,12,14H,11,13H2,1-2H3,(H,24,25,26). The number of hydrogen-bond donors (Lipinski definition) is 1. The molecule has 0 aliphatic carbocycles. The predicted molar refractivity (Wildman–Crippen MR) is 112 cm³/mol. The van der Waals surface area contributed by atoms with E-state index in [2.05, 4.69) is 28.3 Å². The number of nitrogens with one attached hydrogen (secondary N) is 1. The molecular formula is C22H21ClN4O. The van der Waals surface area contributed by atoms with Gasteiger partial charge in [-0.15, -0.1) is 0 Å². The molecule has 5 nitrogen and oxygen atoms in total. The van der Waals surface area contributed by atoms with Crippen LogP contribution in [0.5, 0.6) is 0 Å². The zero-order valence-corrected chi connectivity index (χ0v) is 16.6. The molecule has 1 N–H and O–H groups in total. The lowest BCUT2D eigenvalue weighted by atomic mass is 10.1. The first-order valence-corrected chi connectivity index (χ1v) is 9.65. The fourth-order valence-electron chi connectivity index (χ4n) is 3.59. The van der Waals surface area contributed by atoms with Crippen molar-refractivity contribution in [3.8, 4) is 0 Å². The van der Waals surface area contributed by atoms with Gasteiger partial charge in [-0.3, -0.25) is 4.79 Å². The third-order valence-electron chi connectivity index (χ3n) is 4.90. The minimum atomic E-state index is -0.108. The number of aryl methyl sites for hydroxylation is 1. The Labute approximate surface area is 169 Å².